The summed E-state index contributed by atoms with van der Waals surface area (Å²) in [6.45, 7) is 10.3. The van der Waals surface area contributed by atoms with Crippen LogP contribution in [0, 0.1) is 5.92 Å². The lowest BCUT2D eigenvalue weighted by Crippen LogP contribution is -2.56. The van der Waals surface area contributed by atoms with Crippen molar-refractivity contribution in [2.75, 3.05) is 13.1 Å². The summed E-state index contributed by atoms with van der Waals surface area (Å²) >= 11 is 5.49. The fourth-order valence-electron chi connectivity index (χ4n) is 2.46. The van der Waals surface area contributed by atoms with E-state index in [-0.39, 0.29) is 0 Å². The number of nitrogens with zero attached hydrogens (tertiary/aromatic N) is 1. The second-order valence-electron chi connectivity index (χ2n) is 5.37. The van der Waals surface area contributed by atoms with Gasteiger partial charge in [0.15, 0.2) is 0 Å². The molecule has 0 bridgehead atoms. The molecule has 0 saturated carbocycles. The zero-order valence-electron chi connectivity index (χ0n) is 11.4. The topological polar surface area (TPSA) is 15.3 Å². The standard InChI is InChI=1S/C14H23BrN2S/c1-4-10(2)13-8-17(11(3)7-16-13)9-14-12(15)5-6-18-14/h5-6,10-11,13,16H,4,7-9H2,1-3H3. The van der Waals surface area contributed by atoms with Gasteiger partial charge in [0.1, 0.15) is 0 Å². The van der Waals surface area contributed by atoms with Crippen molar-refractivity contribution < 1.29 is 0 Å². The third-order valence-electron chi connectivity index (χ3n) is 4.10. The van der Waals surface area contributed by atoms with Gasteiger partial charge in [0.25, 0.3) is 0 Å². The SMILES string of the molecule is CCC(C)C1CN(Cc2sccc2Br)C(C)CN1. The van der Waals surface area contributed by atoms with E-state index in [9.17, 15) is 0 Å². The lowest BCUT2D eigenvalue weighted by Gasteiger charge is -2.40. The van der Waals surface area contributed by atoms with Crippen LogP contribution in [-0.4, -0.2) is 30.1 Å². The average molecular weight is 331 g/mol. The van der Waals surface area contributed by atoms with Crippen molar-refractivity contribution in [3.63, 3.8) is 0 Å². The molecule has 1 aliphatic heterocycles. The fourth-order valence-corrected chi connectivity index (χ4v) is 3.96. The Hall–Kier alpha value is 0.1000. The first-order valence-electron chi connectivity index (χ1n) is 6.81. The van der Waals surface area contributed by atoms with Crippen LogP contribution in [0.15, 0.2) is 15.9 Å². The summed E-state index contributed by atoms with van der Waals surface area (Å²) in [6.07, 6.45) is 1.25. The van der Waals surface area contributed by atoms with Gasteiger partial charge in [-0.3, -0.25) is 4.90 Å². The van der Waals surface area contributed by atoms with E-state index in [1.54, 1.807) is 0 Å². The van der Waals surface area contributed by atoms with Gasteiger partial charge in [0.05, 0.1) is 0 Å². The maximum absolute atomic E-state index is 3.69. The quantitative estimate of drug-likeness (QED) is 0.905. The summed E-state index contributed by atoms with van der Waals surface area (Å²) in [5.41, 5.74) is 0. The Morgan fingerprint density at radius 3 is 3.00 bits per heavy atom. The van der Waals surface area contributed by atoms with Crippen molar-refractivity contribution in [2.24, 2.45) is 5.92 Å². The zero-order chi connectivity index (χ0) is 13.1. The van der Waals surface area contributed by atoms with Crippen LogP contribution in [-0.2, 0) is 6.54 Å². The lowest BCUT2D eigenvalue weighted by molar-refractivity contribution is 0.112. The summed E-state index contributed by atoms with van der Waals surface area (Å²) < 4.78 is 1.26. The highest BCUT2D eigenvalue weighted by Crippen LogP contribution is 2.26. The highest BCUT2D eigenvalue weighted by Gasteiger charge is 2.28. The number of hydrogen-bond donors (Lipinski definition) is 1. The molecule has 1 aliphatic rings. The third-order valence-corrected chi connectivity index (χ3v) is 6.01. The zero-order valence-corrected chi connectivity index (χ0v) is 13.9. The number of halogens is 1. The van der Waals surface area contributed by atoms with E-state index in [2.05, 4.69) is 58.4 Å². The molecule has 3 atom stereocenters. The Balaban J connectivity index is 2.00. The molecule has 3 unspecified atom stereocenters. The third kappa shape index (κ3) is 3.35. The minimum absolute atomic E-state index is 0.624. The number of nitrogens with one attached hydrogen (secondary N) is 1. The van der Waals surface area contributed by atoms with Crippen molar-refractivity contribution in [3.05, 3.63) is 20.8 Å². The predicted octanol–water partition coefficient (Wildman–Crippen LogP) is 3.72. The number of hydrogen-bond acceptors (Lipinski definition) is 3. The van der Waals surface area contributed by atoms with Gasteiger partial charge < -0.3 is 5.32 Å². The van der Waals surface area contributed by atoms with Crippen molar-refractivity contribution in [2.45, 2.75) is 45.8 Å². The smallest absolute Gasteiger partial charge is 0.0343 e. The molecule has 0 spiro atoms. The van der Waals surface area contributed by atoms with Crippen molar-refractivity contribution >= 4 is 27.3 Å². The fraction of sp³-hybridized carbons (Fsp3) is 0.714. The molecule has 2 heterocycles. The van der Waals surface area contributed by atoms with Crippen LogP contribution in [0.5, 0.6) is 0 Å². The Morgan fingerprint density at radius 2 is 2.39 bits per heavy atom. The van der Waals surface area contributed by atoms with Crippen LogP contribution < -0.4 is 5.32 Å². The van der Waals surface area contributed by atoms with Crippen molar-refractivity contribution in [3.8, 4) is 0 Å². The number of thiophene rings is 1. The Labute approximate surface area is 123 Å². The number of piperazine rings is 1. The second kappa shape index (κ2) is 6.51. The Morgan fingerprint density at radius 1 is 1.61 bits per heavy atom. The molecule has 1 saturated heterocycles. The highest BCUT2D eigenvalue weighted by molar-refractivity contribution is 9.10. The Kier molecular flexibility index (Phi) is 5.24. The Bertz CT molecular complexity index is 380. The number of rotatable bonds is 4. The average Bonchev–Trinajstić information content (AvgIpc) is 2.77. The molecule has 1 aromatic heterocycles. The first-order valence-corrected chi connectivity index (χ1v) is 8.48. The van der Waals surface area contributed by atoms with E-state index in [1.807, 2.05) is 11.3 Å². The lowest BCUT2D eigenvalue weighted by atomic mass is 9.95. The monoisotopic (exact) mass is 330 g/mol. The van der Waals surface area contributed by atoms with Gasteiger partial charge in [-0.15, -0.1) is 11.3 Å². The van der Waals surface area contributed by atoms with Gasteiger partial charge in [-0.05, 0) is 40.2 Å². The summed E-state index contributed by atoms with van der Waals surface area (Å²) in [4.78, 5) is 4.07. The van der Waals surface area contributed by atoms with E-state index in [0.29, 0.717) is 12.1 Å². The first kappa shape index (κ1) is 14.5. The van der Waals surface area contributed by atoms with E-state index in [0.717, 1.165) is 19.0 Å². The van der Waals surface area contributed by atoms with Crippen LogP contribution in [0.1, 0.15) is 32.1 Å². The van der Waals surface area contributed by atoms with Crippen molar-refractivity contribution in [1.82, 2.24) is 10.2 Å². The molecule has 0 radical (unpaired) electrons. The van der Waals surface area contributed by atoms with Crippen molar-refractivity contribution in [1.29, 1.82) is 0 Å². The van der Waals surface area contributed by atoms with Gasteiger partial charge in [-0.2, -0.15) is 0 Å². The summed E-state index contributed by atoms with van der Waals surface area (Å²) in [7, 11) is 0. The normalized spacial score (nSPS) is 27.3. The molecule has 4 heteroatoms. The summed E-state index contributed by atoms with van der Waals surface area (Å²) in [6, 6.07) is 3.42. The van der Waals surface area contributed by atoms with Crippen LogP contribution in [0.2, 0.25) is 0 Å². The molecule has 0 amide bonds. The van der Waals surface area contributed by atoms with E-state index in [1.165, 1.54) is 22.3 Å². The molecule has 0 aromatic carbocycles. The second-order valence-corrected chi connectivity index (χ2v) is 7.23. The summed E-state index contributed by atoms with van der Waals surface area (Å²) in [5, 5.41) is 5.86. The predicted molar refractivity (Wildman–Crippen MR) is 83.1 cm³/mol. The molecule has 18 heavy (non-hydrogen) atoms. The molecule has 102 valence electrons. The van der Waals surface area contributed by atoms with Crippen LogP contribution in [0.3, 0.4) is 0 Å². The molecule has 2 rings (SSSR count). The van der Waals surface area contributed by atoms with Gasteiger partial charge in [0, 0.05) is 41.1 Å². The highest BCUT2D eigenvalue weighted by atomic mass is 79.9. The molecule has 1 aromatic rings. The molecule has 2 nitrogen and oxygen atoms in total. The molecular formula is C14H23BrN2S. The van der Waals surface area contributed by atoms with Crippen LogP contribution in [0.25, 0.3) is 0 Å². The minimum Gasteiger partial charge on any atom is -0.311 e. The van der Waals surface area contributed by atoms with Crippen LogP contribution in [0.4, 0.5) is 0 Å². The van der Waals surface area contributed by atoms with Gasteiger partial charge in [-0.1, -0.05) is 20.3 Å². The molecule has 1 fully saturated rings. The molecule has 1 N–H and O–H groups in total. The van der Waals surface area contributed by atoms with E-state index < -0.39 is 0 Å². The van der Waals surface area contributed by atoms with Gasteiger partial charge in [0.2, 0.25) is 0 Å². The molecular weight excluding hydrogens is 308 g/mol. The summed E-state index contributed by atoms with van der Waals surface area (Å²) in [5.74, 6) is 0.756. The molecule has 0 aliphatic carbocycles. The maximum atomic E-state index is 3.69. The van der Waals surface area contributed by atoms with Gasteiger partial charge >= 0.3 is 0 Å². The first-order chi connectivity index (χ1) is 8.61. The van der Waals surface area contributed by atoms with Gasteiger partial charge in [-0.25, -0.2) is 0 Å². The minimum atomic E-state index is 0.624. The van der Waals surface area contributed by atoms with E-state index >= 15 is 0 Å². The maximum Gasteiger partial charge on any atom is 0.0343 e. The van der Waals surface area contributed by atoms with E-state index in [4.69, 9.17) is 0 Å². The van der Waals surface area contributed by atoms with Crippen LogP contribution >= 0.6 is 27.3 Å². The largest absolute Gasteiger partial charge is 0.311 e.